The van der Waals surface area contributed by atoms with E-state index < -0.39 is 0 Å². The van der Waals surface area contributed by atoms with Gasteiger partial charge in [-0.15, -0.1) is 0 Å². The molecule has 0 heterocycles. The van der Waals surface area contributed by atoms with E-state index in [1.54, 1.807) is 0 Å². The van der Waals surface area contributed by atoms with Gasteiger partial charge in [0.1, 0.15) is 0 Å². The highest BCUT2D eigenvalue weighted by Crippen LogP contribution is 2.31. The Kier molecular flexibility index (Phi) is 6.83. The first kappa shape index (κ1) is 14.7. The molecule has 0 aliphatic rings. The van der Waals surface area contributed by atoms with E-state index in [0.717, 1.165) is 6.54 Å². The third-order valence-electron chi connectivity index (χ3n) is 3.37. The lowest BCUT2D eigenvalue weighted by Crippen LogP contribution is -2.28. The predicted octanol–water partition coefficient (Wildman–Crippen LogP) is 4.93. The molecule has 1 aromatic carbocycles. The quantitative estimate of drug-likeness (QED) is 0.753. The zero-order chi connectivity index (χ0) is 12.7. The van der Waals surface area contributed by atoms with Crippen molar-refractivity contribution in [3.05, 3.63) is 34.3 Å². The van der Waals surface area contributed by atoms with E-state index in [1.807, 2.05) is 0 Å². The lowest BCUT2D eigenvalue weighted by molar-refractivity contribution is 0.340. The SMILES string of the molecule is CCCNC(c1ccccc1Br)C(CC)CC. The van der Waals surface area contributed by atoms with Crippen molar-refractivity contribution >= 4 is 15.9 Å². The number of halogens is 1. The highest BCUT2D eigenvalue weighted by atomic mass is 79.9. The Hall–Kier alpha value is -0.340. The van der Waals surface area contributed by atoms with Gasteiger partial charge in [-0.05, 0) is 30.5 Å². The molecular weight excluding hydrogens is 274 g/mol. The van der Waals surface area contributed by atoms with Crippen LogP contribution in [0, 0.1) is 5.92 Å². The molecule has 1 N–H and O–H groups in total. The van der Waals surface area contributed by atoms with Crippen LogP contribution in [0.2, 0.25) is 0 Å². The van der Waals surface area contributed by atoms with Gasteiger partial charge in [-0.3, -0.25) is 0 Å². The first-order chi connectivity index (χ1) is 8.24. The molecule has 0 aliphatic heterocycles. The second-order valence-electron chi connectivity index (χ2n) is 4.53. The summed E-state index contributed by atoms with van der Waals surface area (Å²) in [7, 11) is 0. The van der Waals surface area contributed by atoms with Crippen LogP contribution < -0.4 is 5.32 Å². The van der Waals surface area contributed by atoms with Crippen LogP contribution >= 0.6 is 15.9 Å². The Morgan fingerprint density at radius 3 is 2.29 bits per heavy atom. The van der Waals surface area contributed by atoms with Crippen LogP contribution in [0.5, 0.6) is 0 Å². The summed E-state index contributed by atoms with van der Waals surface area (Å²) in [5.41, 5.74) is 1.40. The van der Waals surface area contributed by atoms with Crippen LogP contribution in [0.1, 0.15) is 51.6 Å². The minimum atomic E-state index is 0.473. The summed E-state index contributed by atoms with van der Waals surface area (Å²) in [4.78, 5) is 0. The van der Waals surface area contributed by atoms with Crippen molar-refractivity contribution in [3.8, 4) is 0 Å². The van der Waals surface area contributed by atoms with Gasteiger partial charge in [0.15, 0.2) is 0 Å². The summed E-state index contributed by atoms with van der Waals surface area (Å²) >= 11 is 3.68. The second kappa shape index (κ2) is 7.88. The van der Waals surface area contributed by atoms with Gasteiger partial charge in [0, 0.05) is 10.5 Å². The molecule has 0 fully saturated rings. The molecule has 1 unspecified atom stereocenters. The molecule has 1 nitrogen and oxygen atoms in total. The molecule has 0 aliphatic carbocycles. The van der Waals surface area contributed by atoms with Crippen LogP contribution in [-0.2, 0) is 0 Å². The van der Waals surface area contributed by atoms with Gasteiger partial charge >= 0.3 is 0 Å². The molecular formula is C15H24BrN. The fourth-order valence-corrected chi connectivity index (χ4v) is 2.85. The van der Waals surface area contributed by atoms with Crippen molar-refractivity contribution < 1.29 is 0 Å². The monoisotopic (exact) mass is 297 g/mol. The highest BCUT2D eigenvalue weighted by molar-refractivity contribution is 9.10. The predicted molar refractivity (Wildman–Crippen MR) is 79.2 cm³/mol. The zero-order valence-corrected chi connectivity index (χ0v) is 12.8. The van der Waals surface area contributed by atoms with Crippen LogP contribution in [0.3, 0.4) is 0 Å². The highest BCUT2D eigenvalue weighted by Gasteiger charge is 2.21. The summed E-state index contributed by atoms with van der Waals surface area (Å²) in [5, 5.41) is 3.70. The number of hydrogen-bond donors (Lipinski definition) is 1. The maximum absolute atomic E-state index is 3.70. The van der Waals surface area contributed by atoms with E-state index in [-0.39, 0.29) is 0 Å². The van der Waals surface area contributed by atoms with Crippen molar-refractivity contribution in [1.82, 2.24) is 5.32 Å². The Balaban J connectivity index is 2.92. The Morgan fingerprint density at radius 1 is 1.12 bits per heavy atom. The summed E-state index contributed by atoms with van der Waals surface area (Å²) in [6.07, 6.45) is 3.62. The summed E-state index contributed by atoms with van der Waals surface area (Å²) < 4.78 is 1.22. The fourth-order valence-electron chi connectivity index (χ4n) is 2.32. The molecule has 0 bridgehead atoms. The van der Waals surface area contributed by atoms with Gasteiger partial charge in [0.05, 0.1) is 0 Å². The van der Waals surface area contributed by atoms with Gasteiger partial charge in [0.2, 0.25) is 0 Å². The normalized spacial score (nSPS) is 13.0. The van der Waals surface area contributed by atoms with E-state index >= 15 is 0 Å². The van der Waals surface area contributed by atoms with Crippen molar-refractivity contribution in [2.45, 2.75) is 46.1 Å². The molecule has 0 saturated heterocycles. The average molecular weight is 298 g/mol. The maximum Gasteiger partial charge on any atom is 0.0359 e. The largest absolute Gasteiger partial charge is 0.310 e. The van der Waals surface area contributed by atoms with Gasteiger partial charge in [0.25, 0.3) is 0 Å². The number of hydrogen-bond acceptors (Lipinski definition) is 1. The number of benzene rings is 1. The van der Waals surface area contributed by atoms with Gasteiger partial charge in [-0.2, -0.15) is 0 Å². The van der Waals surface area contributed by atoms with Crippen molar-refractivity contribution in [3.63, 3.8) is 0 Å². The fraction of sp³-hybridized carbons (Fsp3) is 0.600. The van der Waals surface area contributed by atoms with Crippen molar-refractivity contribution in [1.29, 1.82) is 0 Å². The molecule has 2 heteroatoms. The number of rotatable bonds is 7. The topological polar surface area (TPSA) is 12.0 Å². The van der Waals surface area contributed by atoms with Crippen LogP contribution in [0.25, 0.3) is 0 Å². The van der Waals surface area contributed by atoms with Crippen molar-refractivity contribution in [2.75, 3.05) is 6.54 Å². The molecule has 0 spiro atoms. The molecule has 0 aromatic heterocycles. The first-order valence-electron chi connectivity index (χ1n) is 6.72. The van der Waals surface area contributed by atoms with Crippen LogP contribution in [0.15, 0.2) is 28.7 Å². The van der Waals surface area contributed by atoms with E-state index in [4.69, 9.17) is 0 Å². The smallest absolute Gasteiger partial charge is 0.0359 e. The minimum Gasteiger partial charge on any atom is -0.310 e. The van der Waals surface area contributed by atoms with Gasteiger partial charge in [-0.25, -0.2) is 0 Å². The van der Waals surface area contributed by atoms with E-state index in [2.05, 4.69) is 66.3 Å². The third kappa shape index (κ3) is 4.11. The molecule has 1 rings (SSSR count). The van der Waals surface area contributed by atoms with E-state index in [1.165, 1.54) is 29.3 Å². The Morgan fingerprint density at radius 2 is 1.76 bits per heavy atom. The lowest BCUT2D eigenvalue weighted by atomic mass is 9.89. The van der Waals surface area contributed by atoms with E-state index in [0.29, 0.717) is 12.0 Å². The third-order valence-corrected chi connectivity index (χ3v) is 4.10. The first-order valence-corrected chi connectivity index (χ1v) is 7.51. The van der Waals surface area contributed by atoms with Crippen molar-refractivity contribution in [2.24, 2.45) is 5.92 Å². The summed E-state index contributed by atoms with van der Waals surface area (Å²) in [6, 6.07) is 9.05. The molecule has 17 heavy (non-hydrogen) atoms. The summed E-state index contributed by atoms with van der Waals surface area (Å²) in [5.74, 6) is 0.709. The Bertz CT molecular complexity index is 320. The molecule has 1 aromatic rings. The lowest BCUT2D eigenvalue weighted by Gasteiger charge is -2.27. The Labute approximate surface area is 114 Å². The molecule has 0 radical (unpaired) electrons. The minimum absolute atomic E-state index is 0.473. The van der Waals surface area contributed by atoms with Crippen LogP contribution in [-0.4, -0.2) is 6.54 Å². The molecule has 0 saturated carbocycles. The number of nitrogens with one attached hydrogen (secondary N) is 1. The van der Waals surface area contributed by atoms with Crippen LogP contribution in [0.4, 0.5) is 0 Å². The average Bonchev–Trinajstić information content (AvgIpc) is 2.36. The second-order valence-corrected chi connectivity index (χ2v) is 5.38. The molecule has 1 atom stereocenters. The molecule has 96 valence electrons. The molecule has 0 amide bonds. The van der Waals surface area contributed by atoms with Gasteiger partial charge < -0.3 is 5.32 Å². The maximum atomic E-state index is 3.70. The zero-order valence-electron chi connectivity index (χ0n) is 11.2. The van der Waals surface area contributed by atoms with Gasteiger partial charge in [-0.1, -0.05) is 67.7 Å². The van der Waals surface area contributed by atoms with E-state index in [9.17, 15) is 0 Å². The standard InChI is InChI=1S/C15H24BrN/c1-4-11-17-15(12(5-2)6-3)13-9-7-8-10-14(13)16/h7-10,12,15,17H,4-6,11H2,1-3H3. The summed E-state index contributed by atoms with van der Waals surface area (Å²) in [6.45, 7) is 7.87.